The molecule has 102 valence electrons. The number of pyridine rings is 1. The molecule has 1 aromatic heterocycles. The summed E-state index contributed by atoms with van der Waals surface area (Å²) in [5, 5.41) is 16.7. The number of benzene rings is 1. The maximum Gasteiger partial charge on any atom is 0.220 e. The van der Waals surface area contributed by atoms with E-state index in [0.29, 0.717) is 11.1 Å². The summed E-state index contributed by atoms with van der Waals surface area (Å²) in [7, 11) is 0. The first-order valence-electron chi connectivity index (χ1n) is 6.55. The van der Waals surface area contributed by atoms with Gasteiger partial charge in [0.1, 0.15) is 0 Å². The molecule has 0 bridgehead atoms. The van der Waals surface area contributed by atoms with Gasteiger partial charge in [-0.1, -0.05) is 35.0 Å². The van der Waals surface area contributed by atoms with Crippen molar-refractivity contribution in [2.75, 3.05) is 0 Å². The lowest BCUT2D eigenvalue weighted by Crippen LogP contribution is -2.27. The van der Waals surface area contributed by atoms with E-state index in [-0.39, 0.29) is 0 Å². The SMILES string of the molecule is [O-]C=c1ccc(=C2C=C/C(=N/[n+]3ccccc3)N=C2)cc1. The summed E-state index contributed by atoms with van der Waals surface area (Å²) >= 11 is 0. The molecule has 1 aliphatic rings. The molecule has 0 N–H and O–H groups in total. The number of aromatic nitrogens is 1. The average Bonchev–Trinajstić information content (AvgIpc) is 2.57. The van der Waals surface area contributed by atoms with Crippen LogP contribution in [-0.2, 0) is 0 Å². The van der Waals surface area contributed by atoms with Gasteiger partial charge in [-0.05, 0) is 22.6 Å². The highest BCUT2D eigenvalue weighted by Crippen LogP contribution is 2.00. The molecule has 0 atom stereocenters. The predicted octanol–water partition coefficient (Wildman–Crippen LogP) is -0.274. The molecule has 0 saturated carbocycles. The molecule has 0 radical (unpaired) electrons. The molecular weight excluding hydrogens is 262 g/mol. The van der Waals surface area contributed by atoms with Crippen molar-refractivity contribution in [2.24, 2.45) is 10.1 Å². The Morgan fingerprint density at radius 3 is 2.38 bits per heavy atom. The van der Waals surface area contributed by atoms with Crippen molar-refractivity contribution in [3.8, 4) is 0 Å². The van der Waals surface area contributed by atoms with E-state index in [1.165, 1.54) is 0 Å². The molecule has 4 heteroatoms. The summed E-state index contributed by atoms with van der Waals surface area (Å²) in [6.45, 7) is 0. The molecule has 0 fully saturated rings. The highest BCUT2D eigenvalue weighted by Gasteiger charge is 2.03. The van der Waals surface area contributed by atoms with Crippen LogP contribution in [0.3, 0.4) is 0 Å². The average molecular weight is 275 g/mol. The van der Waals surface area contributed by atoms with Crippen LogP contribution in [0.4, 0.5) is 0 Å². The first-order valence-corrected chi connectivity index (χ1v) is 6.55. The molecule has 0 amide bonds. The Kier molecular flexibility index (Phi) is 3.69. The van der Waals surface area contributed by atoms with Gasteiger partial charge in [-0.15, -0.1) is 6.26 Å². The van der Waals surface area contributed by atoms with E-state index in [4.69, 9.17) is 0 Å². The van der Waals surface area contributed by atoms with Gasteiger partial charge in [0.05, 0.1) is 0 Å². The molecule has 4 nitrogen and oxygen atoms in total. The van der Waals surface area contributed by atoms with Crippen LogP contribution in [0, 0.1) is 0 Å². The number of dihydropyridines is 1. The minimum Gasteiger partial charge on any atom is -0.877 e. The van der Waals surface area contributed by atoms with E-state index in [1.807, 2.05) is 54.9 Å². The van der Waals surface area contributed by atoms with Crippen molar-refractivity contribution in [3.63, 3.8) is 0 Å². The Hall–Kier alpha value is -3.01. The van der Waals surface area contributed by atoms with Crippen LogP contribution < -0.4 is 20.2 Å². The van der Waals surface area contributed by atoms with E-state index in [0.717, 1.165) is 17.1 Å². The first-order chi connectivity index (χ1) is 10.3. The summed E-state index contributed by atoms with van der Waals surface area (Å²) in [4.78, 5) is 4.34. The number of allylic oxidation sites excluding steroid dienone is 1. The van der Waals surface area contributed by atoms with Crippen molar-refractivity contribution in [1.82, 2.24) is 0 Å². The van der Waals surface area contributed by atoms with Crippen molar-refractivity contribution in [1.29, 1.82) is 0 Å². The minimum atomic E-state index is 0.638. The van der Waals surface area contributed by atoms with Gasteiger partial charge < -0.3 is 5.11 Å². The molecule has 1 aromatic carbocycles. The quantitative estimate of drug-likeness (QED) is 0.661. The largest absolute Gasteiger partial charge is 0.877 e. The number of hydrogen-bond acceptors (Lipinski definition) is 2. The predicted molar refractivity (Wildman–Crippen MR) is 80.7 cm³/mol. The maximum absolute atomic E-state index is 10.6. The number of nitrogens with zero attached hydrogens (tertiary/aromatic N) is 3. The summed E-state index contributed by atoms with van der Waals surface area (Å²) in [6.07, 6.45) is 10.1. The summed E-state index contributed by atoms with van der Waals surface area (Å²) < 4.78 is 1.71. The zero-order valence-electron chi connectivity index (χ0n) is 11.3. The van der Waals surface area contributed by atoms with Crippen LogP contribution in [0.5, 0.6) is 0 Å². The van der Waals surface area contributed by atoms with Gasteiger partial charge in [-0.2, -0.15) is 0 Å². The lowest BCUT2D eigenvalue weighted by Gasteiger charge is -2.00. The third-order valence-corrected chi connectivity index (χ3v) is 3.05. The standard InChI is InChI=1S/C17H13N3O/c21-13-14-4-6-15(7-5-14)16-8-9-17(18-12-16)19-20-10-2-1-3-11-20/h1-13H. The first kappa shape index (κ1) is 13.0. The lowest BCUT2D eigenvalue weighted by molar-refractivity contribution is -0.678. The van der Waals surface area contributed by atoms with Crippen molar-refractivity contribution in [3.05, 3.63) is 77.4 Å². The number of rotatable bonds is 1. The van der Waals surface area contributed by atoms with Gasteiger partial charge in [-0.3, -0.25) is 0 Å². The Morgan fingerprint density at radius 1 is 1.00 bits per heavy atom. The van der Waals surface area contributed by atoms with Gasteiger partial charge >= 0.3 is 0 Å². The minimum absolute atomic E-state index is 0.638. The van der Waals surface area contributed by atoms with Crippen LogP contribution in [0.2, 0.25) is 0 Å². The van der Waals surface area contributed by atoms with Gasteiger partial charge in [0, 0.05) is 29.0 Å². The Balaban J connectivity index is 1.90. The zero-order chi connectivity index (χ0) is 14.5. The zero-order valence-corrected chi connectivity index (χ0v) is 11.3. The maximum atomic E-state index is 10.6. The third kappa shape index (κ3) is 3.12. The normalized spacial score (nSPS) is 15.4. The molecule has 2 heterocycles. The van der Waals surface area contributed by atoms with Crippen LogP contribution in [0.25, 0.3) is 11.8 Å². The van der Waals surface area contributed by atoms with Crippen molar-refractivity contribution >= 4 is 23.9 Å². The smallest absolute Gasteiger partial charge is 0.220 e. The Morgan fingerprint density at radius 2 is 1.76 bits per heavy atom. The second kappa shape index (κ2) is 5.96. The highest BCUT2D eigenvalue weighted by atomic mass is 16.2. The number of aliphatic imine (C=N–C) groups is 1. The second-order valence-corrected chi connectivity index (χ2v) is 4.50. The van der Waals surface area contributed by atoms with Gasteiger partial charge in [0.25, 0.3) is 0 Å². The fourth-order valence-electron chi connectivity index (χ4n) is 1.94. The summed E-state index contributed by atoms with van der Waals surface area (Å²) in [5.74, 6) is 0.638. The van der Waals surface area contributed by atoms with Crippen molar-refractivity contribution < 1.29 is 9.78 Å². The molecule has 0 unspecified atom stereocenters. The van der Waals surface area contributed by atoms with Gasteiger partial charge in [0.2, 0.25) is 18.2 Å². The van der Waals surface area contributed by atoms with Gasteiger partial charge in [-0.25, -0.2) is 4.99 Å². The molecule has 3 rings (SSSR count). The van der Waals surface area contributed by atoms with Crippen molar-refractivity contribution in [2.45, 2.75) is 0 Å². The Labute approximate surface area is 122 Å². The third-order valence-electron chi connectivity index (χ3n) is 3.05. The number of amidine groups is 1. The second-order valence-electron chi connectivity index (χ2n) is 4.50. The fourth-order valence-corrected chi connectivity index (χ4v) is 1.94. The van der Waals surface area contributed by atoms with E-state index < -0.39 is 0 Å². The molecule has 1 aliphatic heterocycles. The molecule has 0 aliphatic carbocycles. The van der Waals surface area contributed by atoms with Crippen LogP contribution >= 0.6 is 0 Å². The summed E-state index contributed by atoms with van der Waals surface area (Å²) in [5.41, 5.74) is 0.990. The fraction of sp³-hybridized carbons (Fsp3) is 0. The van der Waals surface area contributed by atoms with E-state index in [9.17, 15) is 5.11 Å². The molecule has 2 aromatic rings. The summed E-state index contributed by atoms with van der Waals surface area (Å²) in [6, 6.07) is 13.2. The molecule has 0 saturated heterocycles. The lowest BCUT2D eigenvalue weighted by atomic mass is 10.1. The van der Waals surface area contributed by atoms with Gasteiger partial charge in [0.15, 0.2) is 0 Å². The molecule has 21 heavy (non-hydrogen) atoms. The topological polar surface area (TPSA) is 51.7 Å². The van der Waals surface area contributed by atoms with E-state index >= 15 is 0 Å². The molecule has 0 spiro atoms. The van der Waals surface area contributed by atoms with Crippen LogP contribution in [-0.4, -0.2) is 12.1 Å². The van der Waals surface area contributed by atoms with E-state index in [1.54, 1.807) is 23.0 Å². The molecular formula is C17H13N3O. The number of hydrogen-bond donors (Lipinski definition) is 0. The van der Waals surface area contributed by atoms with Crippen LogP contribution in [0.15, 0.2) is 77.1 Å². The highest BCUT2D eigenvalue weighted by molar-refractivity contribution is 6.17. The monoisotopic (exact) mass is 275 g/mol. The van der Waals surface area contributed by atoms with E-state index in [2.05, 4.69) is 10.1 Å². The Bertz CT molecular complexity index is 808. The van der Waals surface area contributed by atoms with Crippen LogP contribution in [0.1, 0.15) is 0 Å².